The SMILES string of the molecule is Cc1c(-c2n(-c3c(C(C)C)cccc3C(C)C)cc[n+]2C)ccc2ncccc12. The van der Waals surface area contributed by atoms with E-state index in [4.69, 9.17) is 0 Å². The third-order valence-corrected chi connectivity index (χ3v) is 5.88. The average molecular weight is 385 g/mol. The highest BCUT2D eigenvalue weighted by molar-refractivity contribution is 5.87. The molecular formula is C26H30N3+. The smallest absolute Gasteiger partial charge is 0.256 e. The van der Waals surface area contributed by atoms with E-state index in [1.54, 1.807) is 0 Å². The molecule has 0 bridgehead atoms. The quantitative estimate of drug-likeness (QED) is 0.391. The van der Waals surface area contributed by atoms with E-state index in [0.29, 0.717) is 11.8 Å². The van der Waals surface area contributed by atoms with Crippen molar-refractivity contribution >= 4 is 10.9 Å². The minimum Gasteiger partial charge on any atom is -0.256 e. The molecule has 0 radical (unpaired) electrons. The molecule has 0 aliphatic heterocycles. The highest BCUT2D eigenvalue weighted by Crippen LogP contribution is 2.35. The van der Waals surface area contributed by atoms with Crippen LogP contribution in [0.25, 0.3) is 28.0 Å². The maximum Gasteiger partial charge on any atom is 0.294 e. The lowest BCUT2D eigenvalue weighted by atomic mass is 9.92. The van der Waals surface area contributed by atoms with E-state index >= 15 is 0 Å². The second-order valence-electron chi connectivity index (χ2n) is 8.51. The van der Waals surface area contributed by atoms with Crippen LogP contribution in [0.1, 0.15) is 56.2 Å². The highest BCUT2D eigenvalue weighted by atomic mass is 15.1. The lowest BCUT2D eigenvalue weighted by Crippen LogP contribution is -2.29. The number of hydrogen-bond donors (Lipinski definition) is 0. The predicted molar refractivity (Wildman–Crippen MR) is 121 cm³/mol. The number of pyridine rings is 1. The van der Waals surface area contributed by atoms with Crippen molar-refractivity contribution in [3.63, 3.8) is 0 Å². The molecule has 0 saturated heterocycles. The van der Waals surface area contributed by atoms with Gasteiger partial charge in [0.25, 0.3) is 5.82 Å². The monoisotopic (exact) mass is 384 g/mol. The first-order valence-electron chi connectivity index (χ1n) is 10.4. The molecule has 0 aliphatic rings. The third-order valence-electron chi connectivity index (χ3n) is 5.88. The Morgan fingerprint density at radius 3 is 2.24 bits per heavy atom. The first-order valence-corrected chi connectivity index (χ1v) is 10.4. The Labute approximate surface area is 173 Å². The number of aromatic nitrogens is 3. The van der Waals surface area contributed by atoms with Gasteiger partial charge in [0, 0.05) is 22.7 Å². The lowest BCUT2D eigenvalue weighted by Gasteiger charge is -2.18. The number of rotatable bonds is 4. The molecule has 0 amide bonds. The molecule has 0 unspecified atom stereocenters. The number of aryl methyl sites for hydroxylation is 2. The molecule has 3 heteroatoms. The second kappa shape index (κ2) is 7.47. The van der Waals surface area contributed by atoms with Crippen LogP contribution in [0.5, 0.6) is 0 Å². The van der Waals surface area contributed by atoms with Crippen LogP contribution in [-0.4, -0.2) is 9.55 Å². The molecular weight excluding hydrogens is 354 g/mol. The largest absolute Gasteiger partial charge is 0.294 e. The summed E-state index contributed by atoms with van der Waals surface area (Å²) in [4.78, 5) is 4.53. The molecule has 29 heavy (non-hydrogen) atoms. The van der Waals surface area contributed by atoms with Gasteiger partial charge >= 0.3 is 0 Å². The zero-order chi connectivity index (χ0) is 20.7. The Balaban J connectivity index is 2.04. The third kappa shape index (κ3) is 3.25. The standard InChI is InChI=1S/C26H30N3/c1-17(2)20-9-7-10-21(18(3)4)25(20)29-16-15-28(6)26(29)23-12-13-24-22(19(23)5)11-8-14-27-24/h7-18H,1-6H3/q+1. The number of hydrogen-bond acceptors (Lipinski definition) is 1. The lowest BCUT2D eigenvalue weighted by molar-refractivity contribution is -0.659. The van der Waals surface area contributed by atoms with E-state index in [1.165, 1.54) is 39.2 Å². The van der Waals surface area contributed by atoms with Crippen LogP contribution in [0.2, 0.25) is 0 Å². The zero-order valence-electron chi connectivity index (χ0n) is 18.3. The molecule has 3 nitrogen and oxygen atoms in total. The fraction of sp³-hybridized carbons (Fsp3) is 0.308. The van der Waals surface area contributed by atoms with Gasteiger partial charge in [0.15, 0.2) is 0 Å². The normalized spacial score (nSPS) is 11.7. The summed E-state index contributed by atoms with van der Waals surface area (Å²) < 4.78 is 4.61. The number of imidazole rings is 1. The second-order valence-corrected chi connectivity index (χ2v) is 8.51. The molecule has 0 aliphatic carbocycles. The van der Waals surface area contributed by atoms with E-state index in [9.17, 15) is 0 Å². The van der Waals surface area contributed by atoms with Crippen molar-refractivity contribution in [1.29, 1.82) is 0 Å². The number of fused-ring (bicyclic) bond motifs is 1. The van der Waals surface area contributed by atoms with E-state index in [1.807, 2.05) is 12.3 Å². The summed E-state index contributed by atoms with van der Waals surface area (Å²) in [7, 11) is 2.13. The van der Waals surface area contributed by atoms with Gasteiger partial charge in [-0.3, -0.25) is 4.98 Å². The van der Waals surface area contributed by atoms with Crippen LogP contribution >= 0.6 is 0 Å². The summed E-state index contributed by atoms with van der Waals surface area (Å²) in [5.41, 5.74) is 7.63. The molecule has 0 saturated carbocycles. The summed E-state index contributed by atoms with van der Waals surface area (Å²) >= 11 is 0. The van der Waals surface area contributed by atoms with Crippen molar-refractivity contribution < 1.29 is 4.57 Å². The first-order chi connectivity index (χ1) is 13.9. The summed E-state index contributed by atoms with van der Waals surface area (Å²) in [6.07, 6.45) is 6.22. The van der Waals surface area contributed by atoms with Gasteiger partial charge in [-0.25, -0.2) is 4.57 Å². The summed E-state index contributed by atoms with van der Waals surface area (Å²) in [6, 6.07) is 15.3. The summed E-state index contributed by atoms with van der Waals surface area (Å²) in [5.74, 6) is 2.10. The molecule has 0 spiro atoms. The maximum atomic E-state index is 4.53. The Bertz CT molecular complexity index is 1160. The molecule has 0 fully saturated rings. The van der Waals surface area contributed by atoms with Gasteiger partial charge in [-0.05, 0) is 42.5 Å². The van der Waals surface area contributed by atoms with Crippen molar-refractivity contribution in [1.82, 2.24) is 9.55 Å². The number of para-hydroxylation sites is 1. The van der Waals surface area contributed by atoms with E-state index in [0.717, 1.165) is 5.52 Å². The molecule has 2 aromatic heterocycles. The van der Waals surface area contributed by atoms with Gasteiger partial charge in [0.1, 0.15) is 18.1 Å². The van der Waals surface area contributed by atoms with Gasteiger partial charge < -0.3 is 0 Å². The highest BCUT2D eigenvalue weighted by Gasteiger charge is 2.27. The van der Waals surface area contributed by atoms with Crippen LogP contribution in [0, 0.1) is 6.92 Å². The Hall–Kier alpha value is -2.94. The van der Waals surface area contributed by atoms with Gasteiger partial charge in [-0.2, -0.15) is 4.57 Å². The Morgan fingerprint density at radius 2 is 1.59 bits per heavy atom. The van der Waals surface area contributed by atoms with Crippen molar-refractivity contribution in [2.45, 2.75) is 46.5 Å². The molecule has 2 aromatic carbocycles. The summed E-state index contributed by atoms with van der Waals surface area (Å²) in [6.45, 7) is 11.3. The minimum absolute atomic E-state index is 0.450. The Kier molecular flexibility index (Phi) is 4.99. The number of nitrogens with zero attached hydrogens (tertiary/aromatic N) is 3. The Morgan fingerprint density at radius 1 is 0.897 bits per heavy atom. The number of benzene rings is 2. The van der Waals surface area contributed by atoms with Crippen molar-refractivity contribution in [2.24, 2.45) is 7.05 Å². The van der Waals surface area contributed by atoms with E-state index in [2.05, 4.69) is 105 Å². The van der Waals surface area contributed by atoms with E-state index < -0.39 is 0 Å². The molecule has 148 valence electrons. The first kappa shape index (κ1) is 19.4. The van der Waals surface area contributed by atoms with E-state index in [-0.39, 0.29) is 0 Å². The van der Waals surface area contributed by atoms with Crippen LogP contribution < -0.4 is 4.57 Å². The molecule has 0 atom stereocenters. The van der Waals surface area contributed by atoms with Crippen LogP contribution in [0.3, 0.4) is 0 Å². The molecule has 0 N–H and O–H groups in total. The topological polar surface area (TPSA) is 21.7 Å². The van der Waals surface area contributed by atoms with Crippen molar-refractivity contribution in [3.8, 4) is 17.1 Å². The van der Waals surface area contributed by atoms with Gasteiger partial charge in [-0.1, -0.05) is 52.0 Å². The molecule has 4 aromatic rings. The van der Waals surface area contributed by atoms with Gasteiger partial charge in [0.05, 0.1) is 18.1 Å². The fourth-order valence-electron chi connectivity index (χ4n) is 4.31. The zero-order valence-corrected chi connectivity index (χ0v) is 18.3. The van der Waals surface area contributed by atoms with Gasteiger partial charge in [-0.15, -0.1) is 0 Å². The van der Waals surface area contributed by atoms with Crippen LogP contribution in [0.4, 0.5) is 0 Å². The maximum absolute atomic E-state index is 4.53. The van der Waals surface area contributed by atoms with Crippen molar-refractivity contribution in [3.05, 3.63) is 77.7 Å². The van der Waals surface area contributed by atoms with Gasteiger partial charge in [0.2, 0.25) is 0 Å². The average Bonchev–Trinajstić information content (AvgIpc) is 3.08. The summed E-state index contributed by atoms with van der Waals surface area (Å²) in [5, 5.41) is 1.21. The van der Waals surface area contributed by atoms with Crippen molar-refractivity contribution in [2.75, 3.05) is 0 Å². The van der Waals surface area contributed by atoms with Crippen LogP contribution in [-0.2, 0) is 7.05 Å². The fourth-order valence-corrected chi connectivity index (χ4v) is 4.31. The van der Waals surface area contributed by atoms with Crippen LogP contribution in [0.15, 0.2) is 61.1 Å². The molecule has 2 heterocycles. The predicted octanol–water partition coefficient (Wildman–Crippen LogP) is 6.07. The molecule has 4 rings (SSSR count). The minimum atomic E-state index is 0.450.